The maximum Gasteiger partial charge on any atom is 0.247 e. The molecule has 5 aliphatic rings. The van der Waals surface area contributed by atoms with E-state index < -0.39 is 28.7 Å². The molecular weight excluding hydrogens is 474 g/mol. The molecule has 1 N–H and O–H groups in total. The molecule has 6 atom stereocenters. The molecule has 0 aromatic heterocycles. The molecule has 4 heterocycles. The molecule has 5 rings (SSSR count). The predicted molar refractivity (Wildman–Crippen MR) is 141 cm³/mol. The molecule has 2 saturated heterocycles. The number of carbonyl (C=O) groups excluding carboxylic acids is 3. The zero-order chi connectivity index (χ0) is 25.6. The third-order valence-electron chi connectivity index (χ3n) is 9.03. The zero-order valence-electron chi connectivity index (χ0n) is 21.8. The van der Waals surface area contributed by atoms with Gasteiger partial charge >= 0.3 is 0 Å². The number of rotatable bonds is 6. The Morgan fingerprint density at radius 1 is 1.06 bits per heavy atom. The number of aliphatic hydroxyl groups excluding tert-OH is 1. The quantitative estimate of drug-likeness (QED) is 0.550. The van der Waals surface area contributed by atoms with Gasteiger partial charge in [-0.2, -0.15) is 0 Å². The SMILES string of the molecule is CCCN1CC=C[C@@H]2S[C@]34C=CCN(C5CCCCC5)C(=O)C3N([C@@H](CO)C(C)C)C(=O)[C@@H]4[C@@H]2C1=O. The van der Waals surface area contributed by atoms with Crippen molar-refractivity contribution in [2.75, 3.05) is 26.2 Å². The van der Waals surface area contributed by atoms with Crippen LogP contribution in [0.25, 0.3) is 0 Å². The summed E-state index contributed by atoms with van der Waals surface area (Å²) in [5.74, 6) is -1.24. The van der Waals surface area contributed by atoms with Gasteiger partial charge in [0.25, 0.3) is 0 Å². The monoisotopic (exact) mass is 515 g/mol. The Hall–Kier alpha value is -1.80. The van der Waals surface area contributed by atoms with Crippen LogP contribution in [-0.2, 0) is 14.4 Å². The van der Waals surface area contributed by atoms with Crippen LogP contribution in [0, 0.1) is 17.8 Å². The summed E-state index contributed by atoms with van der Waals surface area (Å²) in [7, 11) is 0. The predicted octanol–water partition coefficient (Wildman–Crippen LogP) is 2.84. The van der Waals surface area contributed by atoms with Gasteiger partial charge in [0.1, 0.15) is 6.04 Å². The first-order valence-corrected chi connectivity index (χ1v) is 14.8. The van der Waals surface area contributed by atoms with E-state index in [0.29, 0.717) is 19.6 Å². The number of amides is 3. The first kappa shape index (κ1) is 25.8. The van der Waals surface area contributed by atoms with E-state index in [-0.39, 0.29) is 41.5 Å². The summed E-state index contributed by atoms with van der Waals surface area (Å²) >= 11 is 1.63. The van der Waals surface area contributed by atoms with E-state index in [1.807, 2.05) is 23.6 Å². The molecule has 1 unspecified atom stereocenters. The van der Waals surface area contributed by atoms with Gasteiger partial charge in [-0.25, -0.2) is 0 Å². The lowest BCUT2D eigenvalue weighted by Crippen LogP contribution is -2.59. The summed E-state index contributed by atoms with van der Waals surface area (Å²) in [6.45, 7) is 7.61. The molecule has 0 aromatic rings. The standard InChI is InChI=1S/C28H41N3O4S/c1-4-14-29-15-8-12-21-22(25(29)33)23-26(34)31(20(17-32)18(2)3)24-27(35)30(19-10-6-5-7-11-19)16-9-13-28(23,24)36-21/h8-9,12-13,18-24,32H,4-7,10-11,14-17H2,1-3H3/t20-,21-,22+,23-,24?,28-/m0/s1. The normalized spacial score (nSPS) is 35.7. The number of nitrogens with zero attached hydrogens (tertiary/aromatic N) is 3. The van der Waals surface area contributed by atoms with Crippen LogP contribution in [0.4, 0.5) is 0 Å². The maximum absolute atomic E-state index is 14.5. The van der Waals surface area contributed by atoms with E-state index >= 15 is 0 Å². The molecule has 0 radical (unpaired) electrons. The highest BCUT2D eigenvalue weighted by Gasteiger charge is 2.72. The number of likely N-dealkylation sites (tertiary alicyclic amines) is 1. The van der Waals surface area contributed by atoms with E-state index in [2.05, 4.69) is 31.2 Å². The Morgan fingerprint density at radius 2 is 1.81 bits per heavy atom. The molecule has 36 heavy (non-hydrogen) atoms. The Bertz CT molecular complexity index is 945. The topological polar surface area (TPSA) is 81.2 Å². The Morgan fingerprint density at radius 3 is 2.47 bits per heavy atom. The molecule has 7 nitrogen and oxygen atoms in total. The molecule has 1 aliphatic carbocycles. The van der Waals surface area contributed by atoms with Crippen LogP contribution in [0.3, 0.4) is 0 Å². The lowest BCUT2D eigenvalue weighted by Gasteiger charge is -2.42. The van der Waals surface area contributed by atoms with Crippen molar-refractivity contribution in [2.45, 2.75) is 87.4 Å². The zero-order valence-corrected chi connectivity index (χ0v) is 22.7. The van der Waals surface area contributed by atoms with Crippen molar-refractivity contribution in [1.29, 1.82) is 0 Å². The summed E-state index contributed by atoms with van der Waals surface area (Å²) in [5, 5.41) is 10.3. The van der Waals surface area contributed by atoms with Gasteiger partial charge in [0.05, 0.1) is 29.2 Å². The summed E-state index contributed by atoms with van der Waals surface area (Å²) in [6, 6.07) is -0.976. The Labute approximate surface area is 219 Å². The van der Waals surface area contributed by atoms with Gasteiger partial charge in [-0.15, -0.1) is 11.8 Å². The average Bonchev–Trinajstić information content (AvgIpc) is 3.18. The van der Waals surface area contributed by atoms with Gasteiger partial charge in [0.15, 0.2) is 0 Å². The second kappa shape index (κ2) is 10.2. The first-order chi connectivity index (χ1) is 17.4. The fraction of sp³-hybridized carbons (Fsp3) is 0.750. The minimum absolute atomic E-state index is 0.00680. The highest BCUT2D eigenvalue weighted by molar-refractivity contribution is 8.02. The highest BCUT2D eigenvalue weighted by atomic mass is 32.2. The second-order valence-corrected chi connectivity index (χ2v) is 13.0. The molecular formula is C28H41N3O4S. The van der Waals surface area contributed by atoms with Crippen molar-refractivity contribution in [3.8, 4) is 0 Å². The third-order valence-corrected chi connectivity index (χ3v) is 10.8. The van der Waals surface area contributed by atoms with Crippen molar-refractivity contribution in [2.24, 2.45) is 17.8 Å². The number of aliphatic hydroxyl groups is 1. The fourth-order valence-electron chi connectivity index (χ4n) is 7.32. The highest BCUT2D eigenvalue weighted by Crippen LogP contribution is 2.61. The Balaban J connectivity index is 1.61. The molecule has 8 heteroatoms. The maximum atomic E-state index is 14.5. The minimum atomic E-state index is -0.801. The number of hydrogen-bond donors (Lipinski definition) is 1. The largest absolute Gasteiger partial charge is 0.394 e. The summed E-state index contributed by atoms with van der Waals surface area (Å²) < 4.78 is -0.801. The van der Waals surface area contributed by atoms with Gasteiger partial charge in [0, 0.05) is 30.9 Å². The number of carbonyl (C=O) groups is 3. The van der Waals surface area contributed by atoms with Crippen molar-refractivity contribution in [1.82, 2.24) is 14.7 Å². The number of hydrogen-bond acceptors (Lipinski definition) is 5. The smallest absolute Gasteiger partial charge is 0.247 e. The van der Waals surface area contributed by atoms with Crippen LogP contribution in [0.15, 0.2) is 24.3 Å². The van der Waals surface area contributed by atoms with Gasteiger partial charge < -0.3 is 19.8 Å². The first-order valence-electron chi connectivity index (χ1n) is 13.9. The Kier molecular flexibility index (Phi) is 7.29. The van der Waals surface area contributed by atoms with E-state index in [1.54, 1.807) is 16.7 Å². The minimum Gasteiger partial charge on any atom is -0.394 e. The summed E-state index contributed by atoms with van der Waals surface area (Å²) in [5.41, 5.74) is 0. The fourth-order valence-corrected chi connectivity index (χ4v) is 9.31. The van der Waals surface area contributed by atoms with Crippen molar-refractivity contribution in [3.63, 3.8) is 0 Å². The summed E-state index contributed by atoms with van der Waals surface area (Å²) in [6.07, 6.45) is 14.6. The van der Waals surface area contributed by atoms with E-state index in [1.165, 1.54) is 6.42 Å². The molecule has 198 valence electrons. The number of thioether (sulfide) groups is 1. The van der Waals surface area contributed by atoms with E-state index in [4.69, 9.17) is 0 Å². The van der Waals surface area contributed by atoms with Crippen LogP contribution in [-0.4, -0.2) is 91.9 Å². The third kappa shape index (κ3) is 3.94. The van der Waals surface area contributed by atoms with Crippen LogP contribution in [0.1, 0.15) is 59.3 Å². The van der Waals surface area contributed by atoms with Crippen molar-refractivity contribution >= 4 is 29.5 Å². The van der Waals surface area contributed by atoms with Crippen LogP contribution < -0.4 is 0 Å². The van der Waals surface area contributed by atoms with Crippen LogP contribution >= 0.6 is 11.8 Å². The molecule has 4 aliphatic heterocycles. The summed E-state index contributed by atoms with van der Waals surface area (Å²) in [4.78, 5) is 48.3. The second-order valence-electron chi connectivity index (χ2n) is 11.5. The molecule has 0 bridgehead atoms. The van der Waals surface area contributed by atoms with Crippen molar-refractivity contribution in [3.05, 3.63) is 24.3 Å². The molecule has 3 fully saturated rings. The lowest BCUT2D eigenvalue weighted by molar-refractivity contribution is -0.148. The van der Waals surface area contributed by atoms with E-state index in [0.717, 1.165) is 32.1 Å². The average molecular weight is 516 g/mol. The van der Waals surface area contributed by atoms with E-state index in [9.17, 15) is 19.5 Å². The van der Waals surface area contributed by atoms with Crippen molar-refractivity contribution < 1.29 is 19.5 Å². The molecule has 3 amide bonds. The van der Waals surface area contributed by atoms with Gasteiger partial charge in [-0.05, 0) is 25.2 Å². The molecule has 1 spiro atoms. The van der Waals surface area contributed by atoms with Crippen LogP contribution in [0.5, 0.6) is 0 Å². The van der Waals surface area contributed by atoms with Crippen LogP contribution in [0.2, 0.25) is 0 Å². The lowest BCUT2D eigenvalue weighted by atomic mass is 9.78. The molecule has 1 saturated carbocycles. The molecule has 0 aromatic carbocycles. The van der Waals surface area contributed by atoms with Gasteiger partial charge in [0.2, 0.25) is 17.7 Å². The van der Waals surface area contributed by atoms with Gasteiger partial charge in [-0.1, -0.05) is 64.3 Å². The van der Waals surface area contributed by atoms with Gasteiger partial charge in [-0.3, -0.25) is 14.4 Å². The number of fused-ring (bicyclic) bond motifs is 2.